The molecule has 4 amide bonds. The maximum Gasteiger partial charge on any atom is 0.325 e. The van der Waals surface area contributed by atoms with Crippen LogP contribution in [-0.2, 0) is 9.59 Å². The zero-order valence-electron chi connectivity index (χ0n) is 15.2. The highest BCUT2D eigenvalue weighted by Gasteiger charge is 2.53. The highest BCUT2D eigenvalue weighted by Crippen LogP contribution is 2.30. The topological polar surface area (TPSA) is 69.7 Å². The average molecular weight is 410 g/mol. The zero-order chi connectivity index (χ0) is 19.8. The smallest absolute Gasteiger partial charge is 0.325 e. The Labute approximate surface area is 168 Å². The van der Waals surface area contributed by atoms with Gasteiger partial charge in [0.2, 0.25) is 5.91 Å². The van der Waals surface area contributed by atoms with Crippen LogP contribution in [-0.4, -0.2) is 52.3 Å². The molecule has 0 unspecified atom stereocenters. The van der Waals surface area contributed by atoms with Crippen LogP contribution in [0.1, 0.15) is 32.3 Å². The number of likely N-dealkylation sites (tertiary alicyclic amines) is 1. The summed E-state index contributed by atoms with van der Waals surface area (Å²) in [6.07, 6.45) is 3.92. The lowest BCUT2D eigenvalue weighted by molar-refractivity contribution is -0.137. The van der Waals surface area contributed by atoms with Crippen molar-refractivity contribution in [1.29, 1.82) is 0 Å². The van der Waals surface area contributed by atoms with Gasteiger partial charge < -0.3 is 10.2 Å². The fourth-order valence-corrected chi connectivity index (χ4v) is 3.93. The molecule has 6 nitrogen and oxygen atoms in total. The molecule has 0 aliphatic carbocycles. The molecule has 2 heterocycles. The largest absolute Gasteiger partial charge is 0.339 e. The Bertz CT molecular complexity index is 814. The lowest BCUT2D eigenvalue weighted by atomic mass is 9.87. The minimum atomic E-state index is -0.888. The number of rotatable bonds is 3. The van der Waals surface area contributed by atoms with Crippen LogP contribution in [0, 0.1) is 0 Å². The van der Waals surface area contributed by atoms with E-state index in [9.17, 15) is 14.4 Å². The first-order valence-electron chi connectivity index (χ1n) is 8.81. The minimum Gasteiger partial charge on any atom is -0.339 e. The van der Waals surface area contributed by atoms with Crippen molar-refractivity contribution in [2.24, 2.45) is 0 Å². The predicted molar refractivity (Wildman–Crippen MR) is 105 cm³/mol. The van der Waals surface area contributed by atoms with Gasteiger partial charge in [-0.2, -0.15) is 0 Å². The van der Waals surface area contributed by atoms with Crippen molar-refractivity contribution in [1.82, 2.24) is 15.1 Å². The molecule has 3 rings (SSSR count). The first-order chi connectivity index (χ1) is 12.7. The second kappa shape index (κ2) is 7.52. The van der Waals surface area contributed by atoms with Gasteiger partial charge in [-0.1, -0.05) is 29.3 Å². The Balaban J connectivity index is 1.64. The van der Waals surface area contributed by atoms with Gasteiger partial charge in [-0.25, -0.2) is 4.79 Å². The Hall–Kier alpha value is -2.05. The van der Waals surface area contributed by atoms with Crippen LogP contribution in [0.15, 0.2) is 24.3 Å². The van der Waals surface area contributed by atoms with Gasteiger partial charge in [-0.05, 0) is 50.5 Å². The second-order valence-corrected chi connectivity index (χ2v) is 7.95. The molecular weight excluding hydrogens is 389 g/mol. The van der Waals surface area contributed by atoms with E-state index in [1.54, 1.807) is 29.2 Å². The van der Waals surface area contributed by atoms with E-state index >= 15 is 0 Å². The number of nitrogens with zero attached hydrogens (tertiary/aromatic N) is 2. The van der Waals surface area contributed by atoms with Gasteiger partial charge in [0.1, 0.15) is 5.54 Å². The number of hydrogen-bond donors (Lipinski definition) is 1. The fraction of sp³-hybridized carbons (Fsp3) is 0.421. The summed E-state index contributed by atoms with van der Waals surface area (Å²) in [6.45, 7) is 4.41. The number of carbonyl (C=O) groups excluding carboxylic acids is 3. The summed E-state index contributed by atoms with van der Waals surface area (Å²) in [5.41, 5.74) is -0.185. The fourth-order valence-electron chi connectivity index (χ4n) is 3.46. The summed E-state index contributed by atoms with van der Waals surface area (Å²) >= 11 is 12.0. The quantitative estimate of drug-likeness (QED) is 0.614. The highest BCUT2D eigenvalue weighted by atomic mass is 35.5. The molecule has 2 saturated heterocycles. The minimum absolute atomic E-state index is 0.159. The van der Waals surface area contributed by atoms with Crippen LogP contribution in [0.2, 0.25) is 10.0 Å². The number of nitrogens with one attached hydrogen (secondary N) is 1. The summed E-state index contributed by atoms with van der Waals surface area (Å²) in [4.78, 5) is 40.2. The third kappa shape index (κ3) is 3.82. The van der Waals surface area contributed by atoms with Gasteiger partial charge in [0.05, 0.1) is 0 Å². The summed E-state index contributed by atoms with van der Waals surface area (Å²) < 4.78 is 0. The van der Waals surface area contributed by atoms with E-state index < -0.39 is 5.54 Å². The summed E-state index contributed by atoms with van der Waals surface area (Å²) in [6, 6.07) is 4.52. The van der Waals surface area contributed by atoms with Crippen LogP contribution >= 0.6 is 23.2 Å². The van der Waals surface area contributed by atoms with Crippen molar-refractivity contribution in [3.8, 4) is 0 Å². The third-order valence-electron chi connectivity index (χ3n) is 5.01. The van der Waals surface area contributed by atoms with Gasteiger partial charge in [0.25, 0.3) is 5.91 Å². The third-order valence-corrected chi connectivity index (χ3v) is 5.57. The van der Waals surface area contributed by atoms with E-state index in [4.69, 9.17) is 23.2 Å². The first-order valence-corrected chi connectivity index (χ1v) is 9.57. The molecule has 1 aromatic carbocycles. The normalized spacial score (nSPS) is 19.4. The van der Waals surface area contributed by atoms with E-state index in [0.717, 1.165) is 0 Å². The molecule has 2 aliphatic heterocycles. The SMILES string of the molecule is CC(C)N1C(=O)NC2(CCN(C(=O)/C=C/c3ccc(Cl)cc3Cl)CC2)C1=O. The molecule has 27 heavy (non-hydrogen) atoms. The number of piperidine rings is 1. The molecule has 0 atom stereocenters. The Morgan fingerprint density at radius 2 is 1.89 bits per heavy atom. The number of urea groups is 1. The van der Waals surface area contributed by atoms with Gasteiger partial charge >= 0.3 is 6.03 Å². The number of benzene rings is 1. The molecule has 2 aliphatic rings. The highest BCUT2D eigenvalue weighted by molar-refractivity contribution is 6.35. The molecule has 0 aromatic heterocycles. The number of hydrogen-bond acceptors (Lipinski definition) is 3. The molecule has 1 N–H and O–H groups in total. The van der Waals surface area contributed by atoms with Crippen LogP contribution in [0.3, 0.4) is 0 Å². The molecule has 2 fully saturated rings. The van der Waals surface area contributed by atoms with Crippen molar-refractivity contribution >= 4 is 47.1 Å². The molecular formula is C19H21Cl2N3O3. The number of halogens is 2. The summed E-state index contributed by atoms with van der Waals surface area (Å²) in [5, 5.41) is 3.83. The maximum absolute atomic E-state index is 12.7. The predicted octanol–water partition coefficient (Wildman–Crippen LogP) is 3.33. The average Bonchev–Trinajstić information content (AvgIpc) is 2.84. The van der Waals surface area contributed by atoms with Crippen molar-refractivity contribution in [3.63, 3.8) is 0 Å². The zero-order valence-corrected chi connectivity index (χ0v) is 16.7. The molecule has 1 aromatic rings. The van der Waals surface area contributed by atoms with E-state index in [1.807, 2.05) is 13.8 Å². The van der Waals surface area contributed by atoms with E-state index in [1.165, 1.54) is 11.0 Å². The van der Waals surface area contributed by atoms with Gasteiger partial charge in [-0.3, -0.25) is 14.5 Å². The van der Waals surface area contributed by atoms with Crippen LogP contribution in [0.25, 0.3) is 6.08 Å². The second-order valence-electron chi connectivity index (χ2n) is 7.11. The summed E-state index contributed by atoms with van der Waals surface area (Å²) in [5.74, 6) is -0.355. The van der Waals surface area contributed by atoms with Crippen molar-refractivity contribution in [2.45, 2.75) is 38.3 Å². The van der Waals surface area contributed by atoms with Gasteiger partial charge in [0, 0.05) is 35.3 Å². The lowest BCUT2D eigenvalue weighted by Crippen LogP contribution is -2.55. The van der Waals surface area contributed by atoms with E-state index in [2.05, 4.69) is 5.32 Å². The Morgan fingerprint density at radius 1 is 1.22 bits per heavy atom. The van der Waals surface area contributed by atoms with Crippen LogP contribution in [0.5, 0.6) is 0 Å². The molecule has 144 valence electrons. The van der Waals surface area contributed by atoms with Gasteiger partial charge in [0.15, 0.2) is 0 Å². The van der Waals surface area contributed by atoms with Crippen molar-refractivity contribution in [3.05, 3.63) is 39.9 Å². The number of amides is 4. The van der Waals surface area contributed by atoms with Crippen LogP contribution < -0.4 is 5.32 Å². The molecule has 0 bridgehead atoms. The molecule has 0 radical (unpaired) electrons. The summed E-state index contributed by atoms with van der Waals surface area (Å²) in [7, 11) is 0. The van der Waals surface area contributed by atoms with Crippen molar-refractivity contribution < 1.29 is 14.4 Å². The van der Waals surface area contributed by atoms with Crippen LogP contribution in [0.4, 0.5) is 4.79 Å². The maximum atomic E-state index is 12.7. The van der Waals surface area contributed by atoms with E-state index in [0.29, 0.717) is 41.5 Å². The monoisotopic (exact) mass is 409 g/mol. The van der Waals surface area contributed by atoms with Gasteiger partial charge in [-0.15, -0.1) is 0 Å². The Morgan fingerprint density at radius 3 is 2.44 bits per heavy atom. The lowest BCUT2D eigenvalue weighted by Gasteiger charge is -2.37. The first kappa shape index (κ1) is 19.7. The molecule has 1 spiro atoms. The standard InChI is InChI=1S/C19H21Cl2N3O3/c1-12(2)24-17(26)19(22-18(24)27)7-9-23(10-8-19)16(25)6-4-13-3-5-14(20)11-15(13)21/h3-6,11-12H,7-10H2,1-2H3,(H,22,27)/b6-4+. The molecule has 0 saturated carbocycles. The number of carbonyl (C=O) groups is 3. The number of imide groups is 1. The molecule has 8 heteroatoms. The Kier molecular flexibility index (Phi) is 5.49. The van der Waals surface area contributed by atoms with Crippen molar-refractivity contribution in [2.75, 3.05) is 13.1 Å². The van der Waals surface area contributed by atoms with E-state index in [-0.39, 0.29) is 23.9 Å².